The van der Waals surface area contributed by atoms with E-state index in [0.717, 1.165) is 5.56 Å². The number of nitrogens with zero attached hydrogens (tertiary/aromatic N) is 3. The predicted molar refractivity (Wildman–Crippen MR) is 76.6 cm³/mol. The van der Waals surface area contributed by atoms with Crippen molar-refractivity contribution in [1.29, 1.82) is 0 Å². The third kappa shape index (κ3) is 4.24. The number of hydrogen-bond acceptors (Lipinski definition) is 7. The molecule has 130 valence electrons. The first-order valence-corrected chi connectivity index (χ1v) is 6.65. The van der Waals surface area contributed by atoms with E-state index in [-0.39, 0.29) is 5.82 Å². The Hall–Kier alpha value is -2.59. The molecular weight excluding hydrogens is 329 g/mol. The zero-order chi connectivity index (χ0) is 17.7. The van der Waals surface area contributed by atoms with Crippen LogP contribution >= 0.6 is 0 Å². The van der Waals surface area contributed by atoms with Gasteiger partial charge in [-0.3, -0.25) is 9.68 Å². The molecule has 0 aliphatic carbocycles. The molecule has 1 aromatic heterocycles. The fraction of sp³-hybridized carbons (Fsp3) is 0.286. The molecule has 0 saturated carbocycles. The fourth-order valence-corrected chi connectivity index (χ4v) is 1.82. The molecule has 0 fully saturated rings. The Bertz CT molecular complexity index is 685. The van der Waals surface area contributed by atoms with Crippen molar-refractivity contribution in [2.24, 2.45) is 0 Å². The summed E-state index contributed by atoms with van der Waals surface area (Å²) < 4.78 is 41.6. The minimum Gasteiger partial charge on any atom is -0.329 e. The highest BCUT2D eigenvalue weighted by Gasteiger charge is 2.38. The normalized spacial score (nSPS) is 11.4. The summed E-state index contributed by atoms with van der Waals surface area (Å²) in [4.78, 5) is 13.2. The van der Waals surface area contributed by atoms with Crippen LogP contribution in [0, 0.1) is 0 Å². The Labute approximate surface area is 135 Å². The topological polar surface area (TPSA) is 72.7 Å². The van der Waals surface area contributed by atoms with Crippen molar-refractivity contribution in [3.05, 3.63) is 48.1 Å². The first-order chi connectivity index (χ1) is 11.3. The van der Waals surface area contributed by atoms with E-state index >= 15 is 0 Å². The number of halogens is 3. The van der Waals surface area contributed by atoms with E-state index in [0.29, 0.717) is 17.9 Å². The Morgan fingerprint density at radius 3 is 2.46 bits per heavy atom. The first-order valence-electron chi connectivity index (χ1n) is 6.65. The highest BCUT2D eigenvalue weighted by Crippen LogP contribution is 2.29. The second-order valence-corrected chi connectivity index (χ2v) is 4.59. The van der Waals surface area contributed by atoms with Crippen molar-refractivity contribution in [3.8, 4) is 11.4 Å². The molecule has 0 saturated heterocycles. The maximum atomic E-state index is 12.5. The molecular formula is C14H15F3N4O3. The highest BCUT2D eigenvalue weighted by atomic mass is 19.4. The number of hydroxylamine groups is 3. The largest absolute Gasteiger partial charge is 0.471 e. The van der Waals surface area contributed by atoms with Crippen LogP contribution in [0.15, 0.2) is 41.2 Å². The smallest absolute Gasteiger partial charge is 0.329 e. The Kier molecular flexibility index (Phi) is 5.42. The van der Waals surface area contributed by atoms with Gasteiger partial charge in [0.05, 0.1) is 20.8 Å². The van der Waals surface area contributed by atoms with Crippen LogP contribution in [0.2, 0.25) is 0 Å². The van der Waals surface area contributed by atoms with Crippen LogP contribution in [-0.2, 0) is 22.4 Å². The highest BCUT2D eigenvalue weighted by molar-refractivity contribution is 5.54. The van der Waals surface area contributed by atoms with Crippen LogP contribution in [0.1, 0.15) is 11.5 Å². The van der Waals surface area contributed by atoms with Crippen LogP contribution in [0.3, 0.4) is 0 Å². The van der Waals surface area contributed by atoms with Crippen LogP contribution in [-0.4, -0.2) is 29.4 Å². The van der Waals surface area contributed by atoms with Crippen molar-refractivity contribution in [1.82, 2.24) is 20.7 Å². The molecule has 0 amide bonds. The molecule has 0 atom stereocenters. The van der Waals surface area contributed by atoms with Crippen LogP contribution in [0.25, 0.3) is 11.4 Å². The molecule has 0 aliphatic heterocycles. The maximum absolute atomic E-state index is 12.5. The van der Waals surface area contributed by atoms with Gasteiger partial charge in [0.15, 0.2) is 0 Å². The number of nitrogens with one attached hydrogen (secondary N) is 1. The molecule has 2 aromatic rings. The van der Waals surface area contributed by atoms with Crippen LogP contribution in [0.4, 0.5) is 13.2 Å². The number of aromatic nitrogens is 2. The van der Waals surface area contributed by atoms with E-state index in [2.05, 4.69) is 26.7 Å². The zero-order valence-corrected chi connectivity index (χ0v) is 12.9. The van der Waals surface area contributed by atoms with E-state index < -0.39 is 12.1 Å². The summed E-state index contributed by atoms with van der Waals surface area (Å²) in [5.74, 6) is -1.13. The Morgan fingerprint density at radius 2 is 1.96 bits per heavy atom. The third-order valence-electron chi connectivity index (χ3n) is 2.95. The summed E-state index contributed by atoms with van der Waals surface area (Å²) in [6, 6.07) is 6.57. The number of alkyl halides is 3. The van der Waals surface area contributed by atoms with Gasteiger partial charge in [0.2, 0.25) is 5.82 Å². The SMILES string of the molecule is C=C(NOC)N(Cc1ccc(-c2noc(C(F)(F)F)n2)cc1)OC. The molecule has 0 aliphatic rings. The van der Waals surface area contributed by atoms with E-state index in [1.54, 1.807) is 24.3 Å². The van der Waals surface area contributed by atoms with Gasteiger partial charge in [-0.2, -0.15) is 18.2 Å². The lowest BCUT2D eigenvalue weighted by molar-refractivity contribution is -0.159. The molecule has 1 aromatic carbocycles. The summed E-state index contributed by atoms with van der Waals surface area (Å²) in [5, 5.41) is 4.77. The summed E-state index contributed by atoms with van der Waals surface area (Å²) in [7, 11) is 2.91. The lowest BCUT2D eigenvalue weighted by atomic mass is 10.1. The number of hydrogen-bond donors (Lipinski definition) is 1. The number of rotatable bonds is 7. The first kappa shape index (κ1) is 17.8. The van der Waals surface area contributed by atoms with Gasteiger partial charge in [0, 0.05) is 5.56 Å². The molecule has 0 unspecified atom stereocenters. The van der Waals surface area contributed by atoms with E-state index in [1.807, 2.05) is 0 Å². The van der Waals surface area contributed by atoms with E-state index in [1.165, 1.54) is 19.3 Å². The predicted octanol–water partition coefficient (Wildman–Crippen LogP) is 2.74. The van der Waals surface area contributed by atoms with E-state index in [9.17, 15) is 13.2 Å². The molecule has 0 spiro atoms. The minimum absolute atomic E-state index is 0.136. The average molecular weight is 344 g/mol. The molecule has 0 radical (unpaired) electrons. The molecule has 1 heterocycles. The third-order valence-corrected chi connectivity index (χ3v) is 2.95. The second kappa shape index (κ2) is 7.32. The van der Waals surface area contributed by atoms with Crippen LogP contribution in [0.5, 0.6) is 0 Å². The van der Waals surface area contributed by atoms with E-state index in [4.69, 9.17) is 9.68 Å². The summed E-state index contributed by atoms with van der Waals surface area (Å²) in [6.07, 6.45) is -4.67. The molecule has 10 heteroatoms. The Morgan fingerprint density at radius 1 is 1.29 bits per heavy atom. The average Bonchev–Trinajstić information content (AvgIpc) is 3.03. The fourth-order valence-electron chi connectivity index (χ4n) is 1.82. The van der Waals surface area contributed by atoms with Crippen molar-refractivity contribution >= 4 is 0 Å². The summed E-state index contributed by atoms with van der Waals surface area (Å²) in [5.41, 5.74) is 3.76. The molecule has 7 nitrogen and oxygen atoms in total. The van der Waals surface area contributed by atoms with Gasteiger partial charge in [0.25, 0.3) is 0 Å². The van der Waals surface area contributed by atoms with Crippen molar-refractivity contribution in [2.45, 2.75) is 12.7 Å². The molecule has 2 rings (SSSR count). The monoisotopic (exact) mass is 344 g/mol. The standard InChI is InChI=1S/C14H15F3N4O3/c1-9(19-22-2)21(23-3)8-10-4-6-11(7-5-10)12-18-13(24-20-12)14(15,16)17/h4-7,19H,1,8H2,2-3H3. The van der Waals surface area contributed by atoms with Gasteiger partial charge in [0.1, 0.15) is 5.82 Å². The van der Waals surface area contributed by atoms with Gasteiger partial charge < -0.3 is 4.52 Å². The minimum atomic E-state index is -4.67. The quantitative estimate of drug-likeness (QED) is 0.774. The van der Waals surface area contributed by atoms with Gasteiger partial charge in [-0.1, -0.05) is 36.0 Å². The molecule has 24 heavy (non-hydrogen) atoms. The zero-order valence-electron chi connectivity index (χ0n) is 12.9. The van der Waals surface area contributed by atoms with Gasteiger partial charge in [-0.05, 0) is 5.56 Å². The summed E-state index contributed by atoms with van der Waals surface area (Å²) >= 11 is 0. The van der Waals surface area contributed by atoms with Crippen LogP contribution < -0.4 is 5.48 Å². The van der Waals surface area contributed by atoms with Crippen molar-refractivity contribution < 1.29 is 27.4 Å². The van der Waals surface area contributed by atoms with Crippen molar-refractivity contribution in [3.63, 3.8) is 0 Å². The van der Waals surface area contributed by atoms with Crippen molar-refractivity contribution in [2.75, 3.05) is 14.2 Å². The Balaban J connectivity index is 2.10. The maximum Gasteiger partial charge on any atom is 0.471 e. The molecule has 1 N–H and O–H groups in total. The molecule has 0 bridgehead atoms. The second-order valence-electron chi connectivity index (χ2n) is 4.59. The van der Waals surface area contributed by atoms with Gasteiger partial charge in [-0.25, -0.2) is 10.5 Å². The van der Waals surface area contributed by atoms with Gasteiger partial charge >= 0.3 is 12.1 Å². The lowest BCUT2D eigenvalue weighted by Crippen LogP contribution is -2.29. The summed E-state index contributed by atoms with van der Waals surface area (Å²) in [6.45, 7) is 4.07. The number of benzene rings is 1. The lowest BCUT2D eigenvalue weighted by Gasteiger charge is -2.23. The van der Waals surface area contributed by atoms with Gasteiger partial charge in [-0.15, -0.1) is 0 Å².